The highest BCUT2D eigenvalue weighted by atomic mass is 16.2. The van der Waals surface area contributed by atoms with Gasteiger partial charge in [0.1, 0.15) is 6.54 Å². The largest absolute Gasteiger partial charge is 0.356 e. The Labute approximate surface area is 138 Å². The maximum Gasteiger partial charge on any atom is 0.244 e. The van der Waals surface area contributed by atoms with E-state index in [0.29, 0.717) is 0 Å². The van der Waals surface area contributed by atoms with Gasteiger partial charge in [-0.15, -0.1) is 0 Å². The van der Waals surface area contributed by atoms with Crippen LogP contribution in [0, 0.1) is 0 Å². The Morgan fingerprint density at radius 3 is 2.61 bits per heavy atom. The van der Waals surface area contributed by atoms with Crippen LogP contribution >= 0.6 is 0 Å². The lowest BCUT2D eigenvalue weighted by Crippen LogP contribution is -2.44. The summed E-state index contributed by atoms with van der Waals surface area (Å²) in [6.45, 7) is 6.72. The highest BCUT2D eigenvalue weighted by Gasteiger charge is 2.20. The summed E-state index contributed by atoms with van der Waals surface area (Å²) in [7, 11) is 0. The number of hydrogen-bond acceptors (Lipinski definition) is 2. The number of fused-ring (bicyclic) bond motifs is 1. The molecule has 1 aromatic rings. The number of carbonyl (C=O) groups is 1. The van der Waals surface area contributed by atoms with E-state index in [4.69, 9.17) is 0 Å². The van der Waals surface area contributed by atoms with Gasteiger partial charge >= 0.3 is 0 Å². The van der Waals surface area contributed by atoms with Crippen LogP contribution in [0.3, 0.4) is 0 Å². The predicted molar refractivity (Wildman–Crippen MR) is 92.3 cm³/mol. The maximum atomic E-state index is 12.2. The number of nitrogens with zero attached hydrogens (tertiary/aromatic N) is 3. The first-order chi connectivity index (χ1) is 11.3. The van der Waals surface area contributed by atoms with Crippen molar-refractivity contribution in [2.45, 2.75) is 32.7 Å². The van der Waals surface area contributed by atoms with Gasteiger partial charge in [-0.3, -0.25) is 4.79 Å². The molecule has 0 bridgehead atoms. The van der Waals surface area contributed by atoms with Crippen LogP contribution < -0.4 is 5.32 Å². The molecule has 1 N–H and O–H groups in total. The van der Waals surface area contributed by atoms with Crippen LogP contribution in [0.15, 0.2) is 29.3 Å². The van der Waals surface area contributed by atoms with Gasteiger partial charge in [0.15, 0.2) is 5.96 Å². The molecule has 0 aliphatic carbocycles. The molecule has 0 atom stereocenters. The van der Waals surface area contributed by atoms with Crippen LogP contribution in [0.4, 0.5) is 0 Å². The van der Waals surface area contributed by atoms with Gasteiger partial charge in [0, 0.05) is 32.7 Å². The van der Waals surface area contributed by atoms with Gasteiger partial charge in [-0.2, -0.15) is 0 Å². The summed E-state index contributed by atoms with van der Waals surface area (Å²) in [5.74, 6) is 1.00. The molecule has 0 saturated carbocycles. The van der Waals surface area contributed by atoms with Crippen molar-refractivity contribution < 1.29 is 4.79 Å². The standard InChI is InChI=1S/C18H26N4O/c1-2-19-18(20-13-17(23)21-10-5-6-11-21)22-12-9-15-7-3-4-8-16(15)14-22/h3-4,7-8H,2,5-6,9-14H2,1H3,(H,19,20). The average Bonchev–Trinajstić information content (AvgIpc) is 3.12. The number of aliphatic imine (C=N–C) groups is 1. The summed E-state index contributed by atoms with van der Waals surface area (Å²) in [5.41, 5.74) is 2.78. The average molecular weight is 314 g/mol. The fourth-order valence-corrected chi connectivity index (χ4v) is 3.31. The first kappa shape index (κ1) is 15.8. The van der Waals surface area contributed by atoms with E-state index >= 15 is 0 Å². The van der Waals surface area contributed by atoms with E-state index in [-0.39, 0.29) is 12.5 Å². The second-order valence-electron chi connectivity index (χ2n) is 6.20. The molecule has 1 saturated heterocycles. The van der Waals surface area contributed by atoms with E-state index in [2.05, 4.69) is 46.4 Å². The minimum atomic E-state index is 0.148. The molecule has 5 heteroatoms. The van der Waals surface area contributed by atoms with Gasteiger partial charge < -0.3 is 15.1 Å². The zero-order chi connectivity index (χ0) is 16.1. The summed E-state index contributed by atoms with van der Waals surface area (Å²) >= 11 is 0. The zero-order valence-electron chi connectivity index (χ0n) is 13.9. The molecule has 1 aromatic carbocycles. The van der Waals surface area contributed by atoms with Crippen molar-refractivity contribution in [3.05, 3.63) is 35.4 Å². The third-order valence-electron chi connectivity index (χ3n) is 4.59. The lowest BCUT2D eigenvalue weighted by atomic mass is 10.0. The molecular weight excluding hydrogens is 288 g/mol. The number of likely N-dealkylation sites (tertiary alicyclic amines) is 1. The lowest BCUT2D eigenvalue weighted by Gasteiger charge is -2.31. The van der Waals surface area contributed by atoms with Crippen molar-refractivity contribution in [2.24, 2.45) is 4.99 Å². The Balaban J connectivity index is 1.66. The second-order valence-corrected chi connectivity index (χ2v) is 6.20. The Morgan fingerprint density at radius 1 is 1.13 bits per heavy atom. The molecule has 23 heavy (non-hydrogen) atoms. The first-order valence-corrected chi connectivity index (χ1v) is 8.65. The van der Waals surface area contributed by atoms with E-state index in [1.54, 1.807) is 0 Å². The highest BCUT2D eigenvalue weighted by Crippen LogP contribution is 2.18. The number of rotatable bonds is 3. The van der Waals surface area contributed by atoms with E-state index in [1.807, 2.05) is 4.90 Å². The Morgan fingerprint density at radius 2 is 1.87 bits per heavy atom. The molecule has 1 amide bonds. The van der Waals surface area contributed by atoms with Crippen molar-refractivity contribution in [2.75, 3.05) is 32.7 Å². The Bertz CT molecular complexity index is 578. The summed E-state index contributed by atoms with van der Waals surface area (Å²) in [4.78, 5) is 21.0. The van der Waals surface area contributed by atoms with Gasteiger partial charge in [-0.1, -0.05) is 24.3 Å². The molecule has 2 aliphatic heterocycles. The summed E-state index contributed by atoms with van der Waals surface area (Å²) in [6, 6.07) is 8.57. The van der Waals surface area contributed by atoms with Crippen molar-refractivity contribution in [1.29, 1.82) is 0 Å². The van der Waals surface area contributed by atoms with Crippen LogP contribution in [0.5, 0.6) is 0 Å². The second kappa shape index (κ2) is 7.49. The minimum absolute atomic E-state index is 0.148. The molecule has 2 heterocycles. The highest BCUT2D eigenvalue weighted by molar-refractivity contribution is 5.85. The van der Waals surface area contributed by atoms with Crippen molar-refractivity contribution in [3.8, 4) is 0 Å². The fraction of sp³-hybridized carbons (Fsp3) is 0.556. The van der Waals surface area contributed by atoms with Gasteiger partial charge in [0.25, 0.3) is 0 Å². The van der Waals surface area contributed by atoms with E-state index in [0.717, 1.165) is 57.9 Å². The molecule has 2 aliphatic rings. The Kier molecular flexibility index (Phi) is 5.16. The van der Waals surface area contributed by atoms with Crippen LogP contribution in [0.25, 0.3) is 0 Å². The number of nitrogens with one attached hydrogen (secondary N) is 1. The molecule has 0 unspecified atom stereocenters. The number of amides is 1. The number of carbonyl (C=O) groups excluding carboxylic acids is 1. The minimum Gasteiger partial charge on any atom is -0.356 e. The van der Waals surface area contributed by atoms with Gasteiger partial charge in [0.2, 0.25) is 5.91 Å². The molecule has 5 nitrogen and oxygen atoms in total. The van der Waals surface area contributed by atoms with E-state index in [9.17, 15) is 4.79 Å². The number of hydrogen-bond donors (Lipinski definition) is 1. The van der Waals surface area contributed by atoms with Crippen LogP contribution in [-0.4, -0.2) is 54.4 Å². The van der Waals surface area contributed by atoms with E-state index in [1.165, 1.54) is 11.1 Å². The SMILES string of the molecule is CCNC(=NCC(=O)N1CCCC1)N1CCc2ccccc2C1. The first-order valence-electron chi connectivity index (χ1n) is 8.65. The molecule has 1 fully saturated rings. The lowest BCUT2D eigenvalue weighted by molar-refractivity contribution is -0.128. The van der Waals surface area contributed by atoms with Crippen molar-refractivity contribution >= 4 is 11.9 Å². The smallest absolute Gasteiger partial charge is 0.244 e. The van der Waals surface area contributed by atoms with Crippen molar-refractivity contribution in [3.63, 3.8) is 0 Å². The number of guanidine groups is 1. The summed E-state index contributed by atoms with van der Waals surface area (Å²) in [5, 5.41) is 3.33. The number of benzene rings is 1. The molecule has 3 rings (SSSR count). The quantitative estimate of drug-likeness (QED) is 0.681. The van der Waals surface area contributed by atoms with Crippen LogP contribution in [0.1, 0.15) is 30.9 Å². The molecular formula is C18H26N4O. The molecule has 0 aromatic heterocycles. The van der Waals surface area contributed by atoms with E-state index < -0.39 is 0 Å². The third kappa shape index (κ3) is 3.84. The van der Waals surface area contributed by atoms with Gasteiger partial charge in [0.05, 0.1) is 0 Å². The van der Waals surface area contributed by atoms with Gasteiger partial charge in [-0.05, 0) is 37.3 Å². The zero-order valence-corrected chi connectivity index (χ0v) is 13.9. The Hall–Kier alpha value is -2.04. The fourth-order valence-electron chi connectivity index (χ4n) is 3.31. The van der Waals surface area contributed by atoms with Crippen molar-refractivity contribution in [1.82, 2.24) is 15.1 Å². The topological polar surface area (TPSA) is 47.9 Å². The molecule has 124 valence electrons. The van der Waals surface area contributed by atoms with Crippen LogP contribution in [-0.2, 0) is 17.8 Å². The normalized spacial score (nSPS) is 18.0. The predicted octanol–water partition coefficient (Wildman–Crippen LogP) is 1.63. The van der Waals surface area contributed by atoms with Gasteiger partial charge in [-0.25, -0.2) is 4.99 Å². The third-order valence-corrected chi connectivity index (χ3v) is 4.59. The van der Waals surface area contributed by atoms with Crippen LogP contribution in [0.2, 0.25) is 0 Å². The maximum absolute atomic E-state index is 12.2. The molecule has 0 radical (unpaired) electrons. The summed E-state index contributed by atoms with van der Waals surface area (Å²) in [6.07, 6.45) is 3.28. The summed E-state index contributed by atoms with van der Waals surface area (Å²) < 4.78 is 0. The monoisotopic (exact) mass is 314 g/mol. The molecule has 0 spiro atoms.